The number of anilines is 1. The molecule has 0 fully saturated rings. The molecule has 0 saturated heterocycles. The van der Waals surface area contributed by atoms with Gasteiger partial charge >= 0.3 is 6.18 Å². The summed E-state index contributed by atoms with van der Waals surface area (Å²) >= 11 is 6.29. The highest BCUT2D eigenvalue weighted by atomic mass is 32.1. The van der Waals surface area contributed by atoms with Gasteiger partial charge < -0.3 is 10.3 Å². The van der Waals surface area contributed by atoms with Gasteiger partial charge in [-0.15, -0.1) is 0 Å². The Morgan fingerprint density at radius 1 is 1.14 bits per heavy atom. The van der Waals surface area contributed by atoms with Gasteiger partial charge in [-0.05, 0) is 42.5 Å². The molecule has 28 heavy (non-hydrogen) atoms. The number of para-hydroxylation sites is 1. The molecule has 10 heteroatoms. The van der Waals surface area contributed by atoms with Crippen LogP contribution in [0.1, 0.15) is 15.2 Å². The van der Waals surface area contributed by atoms with E-state index in [9.17, 15) is 22.8 Å². The summed E-state index contributed by atoms with van der Waals surface area (Å²) in [5.74, 6) is -0.663. The third kappa shape index (κ3) is 3.10. The molecule has 2 aromatic carbocycles. The highest BCUT2D eigenvalue weighted by Crippen LogP contribution is 2.31. The summed E-state index contributed by atoms with van der Waals surface area (Å²) in [6.07, 6.45) is -4.52. The van der Waals surface area contributed by atoms with E-state index in [1.165, 1.54) is 12.1 Å². The predicted octanol–water partition coefficient (Wildman–Crippen LogP) is 4.84. The van der Waals surface area contributed by atoms with Gasteiger partial charge in [-0.2, -0.15) is 13.2 Å². The van der Waals surface area contributed by atoms with Gasteiger partial charge in [-0.1, -0.05) is 29.5 Å². The number of amides is 1. The highest BCUT2D eigenvalue weighted by Gasteiger charge is 2.30. The highest BCUT2D eigenvalue weighted by molar-refractivity contribution is 7.73. The molecule has 4 rings (SSSR count). The normalized spacial score (nSPS) is 11.8. The summed E-state index contributed by atoms with van der Waals surface area (Å²) in [6, 6.07) is 11.1. The Kier molecular flexibility index (Phi) is 4.31. The Morgan fingerprint density at radius 3 is 2.64 bits per heavy atom. The van der Waals surface area contributed by atoms with Crippen LogP contribution in [0.3, 0.4) is 0 Å². The fourth-order valence-corrected chi connectivity index (χ4v) is 4.13. The van der Waals surface area contributed by atoms with Crippen molar-refractivity contribution < 1.29 is 18.0 Å². The zero-order valence-corrected chi connectivity index (χ0v) is 15.5. The number of aromatic amines is 1. The molecule has 0 aliphatic heterocycles. The summed E-state index contributed by atoms with van der Waals surface area (Å²) < 4.78 is 40.5. The molecular formula is C18H10F3N3O2S2. The van der Waals surface area contributed by atoms with E-state index >= 15 is 0 Å². The monoisotopic (exact) mass is 421 g/mol. The first-order valence-electron chi connectivity index (χ1n) is 7.91. The predicted molar refractivity (Wildman–Crippen MR) is 104 cm³/mol. The quantitative estimate of drug-likeness (QED) is 0.455. The number of hydrogen-bond acceptors (Lipinski definition) is 4. The van der Waals surface area contributed by atoms with E-state index in [0.717, 1.165) is 23.5 Å². The second kappa shape index (κ2) is 6.57. The molecular weight excluding hydrogens is 411 g/mol. The third-order valence-electron chi connectivity index (χ3n) is 4.09. The number of fused-ring (bicyclic) bond motifs is 3. The smallest absolute Gasteiger partial charge is 0.321 e. The summed E-state index contributed by atoms with van der Waals surface area (Å²) in [7, 11) is 0. The van der Waals surface area contributed by atoms with E-state index in [1.54, 1.807) is 28.7 Å². The number of hydrogen-bond donors (Lipinski definition) is 2. The molecule has 0 radical (unpaired) electrons. The van der Waals surface area contributed by atoms with E-state index in [1.807, 2.05) is 0 Å². The molecule has 0 aliphatic carbocycles. The standard InChI is InChI=1S/C18H10F3N3O2S2/c19-18(20,21)9-4-3-5-10(8-9)22-16(26)13-14-23-15(25)11-6-1-2-7-12(11)24(14)17(27)28-13/h1-8H,(H,22,26)(H,23,25). The largest absolute Gasteiger partial charge is 0.416 e. The second-order valence-electron chi connectivity index (χ2n) is 5.89. The first-order chi connectivity index (χ1) is 13.3. The van der Waals surface area contributed by atoms with Crippen LogP contribution in [0.15, 0.2) is 53.3 Å². The van der Waals surface area contributed by atoms with Crippen molar-refractivity contribution in [3.8, 4) is 0 Å². The molecule has 5 nitrogen and oxygen atoms in total. The van der Waals surface area contributed by atoms with Crippen LogP contribution in [0, 0.1) is 3.95 Å². The molecule has 0 atom stereocenters. The number of alkyl halides is 3. The average molecular weight is 421 g/mol. The fraction of sp³-hybridized carbons (Fsp3) is 0.0556. The molecule has 1 amide bonds. The zero-order chi connectivity index (χ0) is 20.1. The maximum absolute atomic E-state index is 12.9. The minimum Gasteiger partial charge on any atom is -0.321 e. The molecule has 2 N–H and O–H groups in total. The Bertz CT molecular complexity index is 1350. The van der Waals surface area contributed by atoms with Crippen LogP contribution in [-0.4, -0.2) is 15.3 Å². The number of benzene rings is 2. The molecule has 0 saturated carbocycles. The minimum atomic E-state index is -4.52. The van der Waals surface area contributed by atoms with Crippen molar-refractivity contribution >= 4 is 51.7 Å². The topological polar surface area (TPSA) is 66.4 Å². The van der Waals surface area contributed by atoms with E-state index in [4.69, 9.17) is 12.2 Å². The minimum absolute atomic E-state index is 0.0135. The van der Waals surface area contributed by atoms with Crippen LogP contribution in [0.2, 0.25) is 0 Å². The van der Waals surface area contributed by atoms with E-state index in [2.05, 4.69) is 10.3 Å². The van der Waals surface area contributed by atoms with Crippen LogP contribution in [0.4, 0.5) is 18.9 Å². The SMILES string of the molecule is O=C(Nc1cccc(C(F)(F)F)c1)c1sc(=S)n2c1[nH]c(=O)c1ccccc12. The van der Waals surface area contributed by atoms with Crippen molar-refractivity contribution in [2.45, 2.75) is 6.18 Å². The molecule has 0 bridgehead atoms. The van der Waals surface area contributed by atoms with Gasteiger partial charge in [0.1, 0.15) is 10.5 Å². The van der Waals surface area contributed by atoms with E-state index in [-0.39, 0.29) is 16.2 Å². The number of aromatic nitrogens is 2. The Morgan fingerprint density at radius 2 is 1.89 bits per heavy atom. The average Bonchev–Trinajstić information content (AvgIpc) is 2.98. The van der Waals surface area contributed by atoms with Gasteiger partial charge in [0.2, 0.25) is 0 Å². The maximum atomic E-state index is 12.9. The van der Waals surface area contributed by atoms with Gasteiger partial charge in [0.15, 0.2) is 3.95 Å². The first-order valence-corrected chi connectivity index (χ1v) is 9.13. The Hall–Kier alpha value is -2.98. The summed E-state index contributed by atoms with van der Waals surface area (Å²) in [5.41, 5.74) is -0.542. The van der Waals surface area contributed by atoms with Crippen molar-refractivity contribution in [3.05, 3.63) is 73.3 Å². The number of thiazole rings is 1. The van der Waals surface area contributed by atoms with Crippen LogP contribution >= 0.6 is 23.6 Å². The molecule has 2 aromatic heterocycles. The van der Waals surface area contributed by atoms with Crippen molar-refractivity contribution in [3.63, 3.8) is 0 Å². The number of carbonyl (C=O) groups excluding carboxylic acids is 1. The number of rotatable bonds is 2. The number of nitrogens with one attached hydrogen (secondary N) is 2. The van der Waals surface area contributed by atoms with Crippen LogP contribution in [0.5, 0.6) is 0 Å². The molecule has 0 spiro atoms. The lowest BCUT2D eigenvalue weighted by atomic mass is 10.2. The molecule has 0 aliphatic rings. The van der Waals surface area contributed by atoms with Crippen molar-refractivity contribution in [1.82, 2.24) is 9.38 Å². The summed E-state index contributed by atoms with van der Waals surface area (Å²) in [6.45, 7) is 0. The molecule has 142 valence electrons. The van der Waals surface area contributed by atoms with Gasteiger partial charge in [-0.3, -0.25) is 14.0 Å². The lowest BCUT2D eigenvalue weighted by Crippen LogP contribution is -2.15. The van der Waals surface area contributed by atoms with Crippen LogP contribution in [0.25, 0.3) is 16.6 Å². The second-order valence-corrected chi connectivity index (χ2v) is 7.53. The number of carbonyl (C=O) groups is 1. The lowest BCUT2D eigenvalue weighted by molar-refractivity contribution is -0.137. The molecule has 0 unspecified atom stereocenters. The number of nitrogens with zero attached hydrogens (tertiary/aromatic N) is 1. The van der Waals surface area contributed by atoms with Gasteiger partial charge in [-0.25, -0.2) is 0 Å². The van der Waals surface area contributed by atoms with Crippen LogP contribution in [-0.2, 0) is 6.18 Å². The first kappa shape index (κ1) is 18.4. The number of H-pyrrole nitrogens is 1. The fourth-order valence-electron chi connectivity index (χ4n) is 2.86. The van der Waals surface area contributed by atoms with Crippen molar-refractivity contribution in [2.24, 2.45) is 0 Å². The number of halogens is 3. The molecule has 2 heterocycles. The zero-order valence-electron chi connectivity index (χ0n) is 13.8. The van der Waals surface area contributed by atoms with Crippen molar-refractivity contribution in [2.75, 3.05) is 5.32 Å². The lowest BCUT2D eigenvalue weighted by Gasteiger charge is -2.09. The van der Waals surface area contributed by atoms with Gasteiger partial charge in [0.05, 0.1) is 16.5 Å². The Balaban J connectivity index is 1.81. The van der Waals surface area contributed by atoms with Gasteiger partial charge in [0.25, 0.3) is 11.5 Å². The van der Waals surface area contributed by atoms with Gasteiger partial charge in [0, 0.05) is 5.69 Å². The van der Waals surface area contributed by atoms with Crippen LogP contribution < -0.4 is 10.9 Å². The van der Waals surface area contributed by atoms with E-state index in [0.29, 0.717) is 14.9 Å². The third-order valence-corrected chi connectivity index (χ3v) is 5.46. The maximum Gasteiger partial charge on any atom is 0.416 e. The Labute approximate surface area is 164 Å². The molecule has 4 aromatic rings. The summed E-state index contributed by atoms with van der Waals surface area (Å²) in [4.78, 5) is 27.8. The van der Waals surface area contributed by atoms with E-state index < -0.39 is 23.2 Å². The van der Waals surface area contributed by atoms with Crippen molar-refractivity contribution in [1.29, 1.82) is 0 Å². The summed E-state index contributed by atoms with van der Waals surface area (Å²) in [5, 5.41) is 2.84.